The van der Waals surface area contributed by atoms with Crippen LogP contribution >= 0.6 is 0 Å². The monoisotopic (exact) mass is 1140 g/mol. The Morgan fingerprint density at radius 3 is 1.36 bits per heavy atom. The Hall–Kier alpha value is -2.64. The molecule has 0 aromatic heterocycles. The van der Waals surface area contributed by atoms with E-state index in [1.165, 1.54) is 173 Å². The fourth-order valence-corrected chi connectivity index (χ4v) is 10.6. The zero-order valence-electron chi connectivity index (χ0n) is 52.4. The third kappa shape index (κ3) is 45.4. The number of aliphatic hydroxyl groups excluding tert-OH is 5. The number of aliphatic hydroxyl groups is 5. The number of allylic oxidation sites excluding steroid dienone is 9. The number of carbonyl (C=O) groups is 2. The highest BCUT2D eigenvalue weighted by molar-refractivity contribution is 5.80. The molecule has 1 rings (SSSR count). The first-order valence-corrected chi connectivity index (χ1v) is 34.1. The van der Waals surface area contributed by atoms with Gasteiger partial charge in [-0.25, -0.2) is 0 Å². The van der Waals surface area contributed by atoms with E-state index in [9.17, 15) is 35.1 Å². The highest BCUT2D eigenvalue weighted by Gasteiger charge is 2.47. The Balaban J connectivity index is 2.54. The molecule has 11 nitrogen and oxygen atoms in total. The molecular weight excluding hydrogens is 1010 g/mol. The van der Waals surface area contributed by atoms with Crippen molar-refractivity contribution in [2.24, 2.45) is 0 Å². The minimum absolute atomic E-state index is 0.110. The molecule has 8 atom stereocenters. The summed E-state index contributed by atoms with van der Waals surface area (Å²) < 4.78 is 17.6. The molecule has 6 N–H and O–H groups in total. The first kappa shape index (κ1) is 76.4. The third-order valence-electron chi connectivity index (χ3n) is 16.0. The van der Waals surface area contributed by atoms with Gasteiger partial charge >= 0.3 is 5.97 Å². The molecule has 1 amide bonds. The number of amides is 1. The second-order valence-electron chi connectivity index (χ2n) is 23.6. The Morgan fingerprint density at radius 1 is 0.494 bits per heavy atom. The van der Waals surface area contributed by atoms with Crippen molar-refractivity contribution in [1.82, 2.24) is 5.32 Å². The first-order valence-electron chi connectivity index (χ1n) is 34.1. The van der Waals surface area contributed by atoms with Crippen molar-refractivity contribution in [2.75, 3.05) is 13.2 Å². The van der Waals surface area contributed by atoms with Gasteiger partial charge in [-0.05, 0) is 70.6 Å². The molecule has 1 fully saturated rings. The maximum absolute atomic E-state index is 13.5. The van der Waals surface area contributed by atoms with E-state index in [1.807, 2.05) is 12.2 Å². The van der Waals surface area contributed by atoms with Gasteiger partial charge in [0.15, 0.2) is 12.4 Å². The Labute approximate surface area is 497 Å². The summed E-state index contributed by atoms with van der Waals surface area (Å²) in [6.07, 6.45) is 62.8. The molecule has 1 saturated heterocycles. The van der Waals surface area contributed by atoms with Crippen molar-refractivity contribution in [3.63, 3.8) is 0 Å². The summed E-state index contributed by atoms with van der Waals surface area (Å²) in [5.41, 5.74) is 0. The van der Waals surface area contributed by atoms with E-state index >= 15 is 0 Å². The molecule has 0 spiro atoms. The van der Waals surface area contributed by atoms with Crippen LogP contribution < -0.4 is 5.32 Å². The van der Waals surface area contributed by atoms with Crippen molar-refractivity contribution >= 4 is 11.9 Å². The quantitative estimate of drug-likeness (QED) is 0.0149. The molecule has 81 heavy (non-hydrogen) atoms. The number of hydrogen-bond donors (Lipinski definition) is 6. The summed E-state index contributed by atoms with van der Waals surface area (Å²) in [6, 6.07) is -1.03. The molecule has 8 unspecified atom stereocenters. The largest absolute Gasteiger partial charge is 0.454 e. The number of hydrogen-bond acceptors (Lipinski definition) is 10. The second kappa shape index (κ2) is 57.8. The topological polar surface area (TPSA) is 175 Å². The van der Waals surface area contributed by atoms with Crippen LogP contribution in [0.25, 0.3) is 0 Å². The van der Waals surface area contributed by atoms with Crippen molar-refractivity contribution in [3.05, 3.63) is 60.8 Å². The number of esters is 1. The van der Waals surface area contributed by atoms with Gasteiger partial charge in [0.05, 0.1) is 25.4 Å². The van der Waals surface area contributed by atoms with E-state index in [-0.39, 0.29) is 13.0 Å². The number of ether oxygens (including phenoxy) is 3. The van der Waals surface area contributed by atoms with E-state index in [0.717, 1.165) is 89.9 Å². The molecule has 1 heterocycles. The van der Waals surface area contributed by atoms with Crippen LogP contribution in [0.15, 0.2) is 60.8 Å². The van der Waals surface area contributed by atoms with Gasteiger partial charge in [0, 0.05) is 6.42 Å². The molecule has 0 aliphatic carbocycles. The van der Waals surface area contributed by atoms with Gasteiger partial charge in [-0.15, -0.1) is 0 Å². The fourth-order valence-electron chi connectivity index (χ4n) is 10.6. The molecule has 1 aliphatic rings. The summed E-state index contributed by atoms with van der Waals surface area (Å²) in [7, 11) is 0. The minimum Gasteiger partial charge on any atom is -0.454 e. The third-order valence-corrected chi connectivity index (χ3v) is 16.0. The number of nitrogens with one attached hydrogen (secondary N) is 1. The summed E-state index contributed by atoms with van der Waals surface area (Å²) in [5, 5.41) is 57.1. The summed E-state index contributed by atoms with van der Waals surface area (Å²) in [6.45, 7) is 5.67. The predicted octanol–water partition coefficient (Wildman–Crippen LogP) is 17.0. The van der Waals surface area contributed by atoms with Gasteiger partial charge in [0.2, 0.25) is 5.91 Å². The van der Waals surface area contributed by atoms with Crippen molar-refractivity contribution in [1.29, 1.82) is 0 Å². The standard InChI is InChI=1S/C70H127NO10/c1-4-7-10-13-16-19-22-24-26-27-28-29-30-31-32-33-34-35-36-38-39-42-45-48-51-54-57-63(74)69(78)71-61(62(73)56-53-50-47-44-41-21-18-15-12-9-6-3)60-79-70-68(67(77)66(76)64(59-72)80-70)81-65(75)58-55-52-49-46-43-40-37-25-23-20-17-14-11-8-5-2/h8,11,14,17,20,23-24,26,53,56,61-64,66-68,70,72-74,76-77H,4-7,9-10,12-13,15-16,18-19,21-22,25,27-52,54-55,57-60H2,1-3H3,(H,71,78)/b11-8+,17-14+,23-20+,26-24+,56-53+. The smallest absolute Gasteiger partial charge is 0.306 e. The molecule has 0 bridgehead atoms. The molecule has 0 aromatic rings. The summed E-state index contributed by atoms with van der Waals surface area (Å²) in [4.78, 5) is 26.6. The first-order chi connectivity index (χ1) is 39.7. The summed E-state index contributed by atoms with van der Waals surface area (Å²) in [5.74, 6) is -1.20. The molecule has 0 aromatic carbocycles. The zero-order chi connectivity index (χ0) is 58.9. The average Bonchev–Trinajstić information content (AvgIpc) is 3.50. The Kier molecular flexibility index (Phi) is 54.5. The SMILES string of the molecule is CC/C=C/C=C/C=C/CCCCCCCCCC(=O)OC1C(OCC(NC(=O)C(O)CCCCCCCCCCCCCCCCCC/C=C/CCCCCCCC)C(O)/C=C/CCCCCCCCCCC)OC(CO)C(O)C1O. The lowest BCUT2D eigenvalue weighted by atomic mass is 9.99. The van der Waals surface area contributed by atoms with Gasteiger partial charge in [-0.3, -0.25) is 9.59 Å². The number of rotatable bonds is 58. The Bertz CT molecular complexity index is 1550. The van der Waals surface area contributed by atoms with Crippen LogP contribution in [-0.4, -0.2) is 99.6 Å². The van der Waals surface area contributed by atoms with Gasteiger partial charge in [0.1, 0.15) is 24.4 Å². The van der Waals surface area contributed by atoms with E-state index in [4.69, 9.17) is 14.2 Å². The van der Waals surface area contributed by atoms with Crippen LogP contribution in [0.3, 0.4) is 0 Å². The summed E-state index contributed by atoms with van der Waals surface area (Å²) >= 11 is 0. The molecule has 472 valence electrons. The lowest BCUT2D eigenvalue weighted by Crippen LogP contribution is -2.61. The maximum atomic E-state index is 13.5. The van der Waals surface area contributed by atoms with Gasteiger partial charge in [-0.2, -0.15) is 0 Å². The molecule has 0 radical (unpaired) electrons. The van der Waals surface area contributed by atoms with Crippen LogP contribution in [-0.2, 0) is 23.8 Å². The average molecular weight is 1140 g/mol. The van der Waals surface area contributed by atoms with E-state index in [1.54, 1.807) is 6.08 Å². The minimum atomic E-state index is -1.62. The van der Waals surface area contributed by atoms with Crippen LogP contribution in [0.1, 0.15) is 310 Å². The lowest BCUT2D eigenvalue weighted by Gasteiger charge is -2.41. The number of unbranched alkanes of at least 4 members (excludes halogenated alkanes) is 38. The lowest BCUT2D eigenvalue weighted by molar-refractivity contribution is -0.305. The fraction of sp³-hybridized carbons (Fsp3) is 0.829. The zero-order valence-corrected chi connectivity index (χ0v) is 52.4. The van der Waals surface area contributed by atoms with Crippen molar-refractivity contribution in [2.45, 2.75) is 359 Å². The molecule has 0 saturated carbocycles. The maximum Gasteiger partial charge on any atom is 0.306 e. The van der Waals surface area contributed by atoms with E-state index in [0.29, 0.717) is 19.3 Å². The van der Waals surface area contributed by atoms with Crippen LogP contribution in [0.5, 0.6) is 0 Å². The van der Waals surface area contributed by atoms with Crippen LogP contribution in [0.2, 0.25) is 0 Å². The van der Waals surface area contributed by atoms with Crippen molar-refractivity contribution in [3.8, 4) is 0 Å². The highest BCUT2D eigenvalue weighted by atomic mass is 16.7. The van der Waals surface area contributed by atoms with Gasteiger partial charge in [0.25, 0.3) is 0 Å². The van der Waals surface area contributed by atoms with Crippen LogP contribution in [0.4, 0.5) is 0 Å². The highest BCUT2D eigenvalue weighted by Crippen LogP contribution is 2.26. The molecule has 1 aliphatic heterocycles. The normalized spacial score (nSPS) is 19.0. The van der Waals surface area contributed by atoms with Gasteiger partial charge < -0.3 is 45.1 Å². The van der Waals surface area contributed by atoms with Crippen LogP contribution in [0, 0.1) is 0 Å². The van der Waals surface area contributed by atoms with E-state index < -0.39 is 67.4 Å². The second-order valence-corrected chi connectivity index (χ2v) is 23.6. The number of carbonyl (C=O) groups excluding carboxylic acids is 2. The Morgan fingerprint density at radius 2 is 0.901 bits per heavy atom. The molecular formula is C70H127NO10. The van der Waals surface area contributed by atoms with E-state index in [2.05, 4.69) is 68.6 Å². The predicted molar refractivity (Wildman–Crippen MR) is 338 cm³/mol. The van der Waals surface area contributed by atoms with Gasteiger partial charge in [-0.1, -0.05) is 293 Å². The van der Waals surface area contributed by atoms with Crippen molar-refractivity contribution < 1.29 is 49.3 Å². The molecule has 11 heteroatoms.